The van der Waals surface area contributed by atoms with E-state index in [9.17, 15) is 85.9 Å². The summed E-state index contributed by atoms with van der Waals surface area (Å²) in [6, 6.07) is -2.37. The third-order valence-electron chi connectivity index (χ3n) is 25.9. The molecule has 0 radical (unpaired) electrons. The molecule has 5 aliphatic carbocycles. The van der Waals surface area contributed by atoms with Crippen molar-refractivity contribution in [1.82, 2.24) is 10.6 Å². The highest BCUT2D eigenvalue weighted by atomic mass is 16.8. The molecule has 16 N–H and O–H groups in total. The van der Waals surface area contributed by atoms with E-state index >= 15 is 4.79 Å². The molecule has 0 aromatic carbocycles. The molecule has 0 spiro atoms. The molecule has 4 heterocycles. The van der Waals surface area contributed by atoms with Crippen molar-refractivity contribution >= 4 is 24.1 Å². The van der Waals surface area contributed by atoms with Crippen molar-refractivity contribution in [1.29, 1.82) is 0 Å². The summed E-state index contributed by atoms with van der Waals surface area (Å²) >= 11 is 0. The molecule has 0 aromatic rings. The Morgan fingerprint density at radius 2 is 1.29 bits per heavy atom. The van der Waals surface area contributed by atoms with E-state index in [-0.39, 0.29) is 60.2 Å². The highest BCUT2D eigenvalue weighted by Crippen LogP contribution is 2.76. The first-order valence-electron chi connectivity index (χ1n) is 35.8. The summed E-state index contributed by atoms with van der Waals surface area (Å²) in [6.07, 6.45) is -26.0. The Morgan fingerprint density at radius 1 is 0.663 bits per heavy atom. The van der Waals surface area contributed by atoms with Crippen LogP contribution in [0.25, 0.3) is 0 Å². The highest BCUT2D eigenvalue weighted by molar-refractivity contribution is 5.80. The first-order valence-corrected chi connectivity index (χ1v) is 35.8. The molecule has 98 heavy (non-hydrogen) atoms. The molecule has 28 nitrogen and oxygen atoms in total. The lowest BCUT2D eigenvalue weighted by atomic mass is 9.33. The predicted molar refractivity (Wildman–Crippen MR) is 344 cm³/mol. The van der Waals surface area contributed by atoms with Gasteiger partial charge in [0.25, 0.3) is 0 Å². The van der Waals surface area contributed by atoms with Crippen molar-refractivity contribution in [3.63, 3.8) is 0 Å². The summed E-state index contributed by atoms with van der Waals surface area (Å²) in [7, 11) is 0. The zero-order valence-corrected chi connectivity index (χ0v) is 58.8. The van der Waals surface area contributed by atoms with Gasteiger partial charge in [0.05, 0.1) is 80.7 Å². The number of hydrogen-bond donors (Lipinski definition) is 16. The van der Waals surface area contributed by atoms with Crippen LogP contribution in [-0.2, 0) is 57.1 Å². The summed E-state index contributed by atoms with van der Waals surface area (Å²) in [5.74, 6) is -3.49. The van der Waals surface area contributed by atoms with Gasteiger partial charge in [-0.15, -0.1) is 0 Å². The van der Waals surface area contributed by atoms with Crippen molar-refractivity contribution in [2.24, 2.45) is 62.1 Å². The Bertz CT molecular complexity index is 2770. The van der Waals surface area contributed by atoms with Crippen LogP contribution < -0.4 is 10.6 Å². The smallest absolute Gasteiger partial charge is 0.317 e. The molecule has 9 rings (SSSR count). The first-order chi connectivity index (χ1) is 45.9. The average molecular weight is 1400 g/mol. The number of aliphatic hydroxyl groups excluding tert-OH is 14. The van der Waals surface area contributed by atoms with Gasteiger partial charge in [-0.1, -0.05) is 93.7 Å². The minimum Gasteiger partial charge on any atom is -0.432 e. The van der Waals surface area contributed by atoms with E-state index in [2.05, 4.69) is 51.3 Å². The van der Waals surface area contributed by atoms with E-state index < -0.39 is 225 Å². The molecule has 14 unspecified atom stereocenters. The van der Waals surface area contributed by atoms with Gasteiger partial charge in [-0.25, -0.2) is 0 Å². The van der Waals surface area contributed by atoms with Crippen LogP contribution >= 0.6 is 0 Å². The van der Waals surface area contributed by atoms with Crippen LogP contribution in [0.2, 0.25) is 0 Å². The van der Waals surface area contributed by atoms with Gasteiger partial charge in [0.2, 0.25) is 18.1 Å². The van der Waals surface area contributed by atoms with E-state index in [4.69, 9.17) is 37.9 Å². The number of carbonyl (C=O) groups is 4. The Kier molecular flexibility index (Phi) is 25.0. The van der Waals surface area contributed by atoms with Crippen molar-refractivity contribution in [2.75, 3.05) is 19.8 Å². The maximum absolute atomic E-state index is 15.9. The first kappa shape index (κ1) is 79.1. The molecular formula is C70H116N2O26. The molecule has 562 valence electrons. The second-order valence-electron chi connectivity index (χ2n) is 32.4. The number of hydrogen-bond acceptors (Lipinski definition) is 26. The number of aliphatic hydroxyl groups is 14. The quantitative estimate of drug-likeness (QED) is 0.0319. The largest absolute Gasteiger partial charge is 0.432 e. The van der Waals surface area contributed by atoms with Gasteiger partial charge in [-0.2, -0.15) is 0 Å². The average Bonchev–Trinajstić information content (AvgIpc) is 0.746. The number of carbonyl (C=O) groups excluding carboxylic acids is 4. The van der Waals surface area contributed by atoms with Gasteiger partial charge in [0.1, 0.15) is 78.8 Å². The Labute approximate surface area is 574 Å². The third-order valence-corrected chi connectivity index (χ3v) is 25.9. The van der Waals surface area contributed by atoms with Crippen LogP contribution in [0.3, 0.4) is 0 Å². The monoisotopic (exact) mass is 1400 g/mol. The minimum absolute atomic E-state index is 0.0495. The molecule has 9 aliphatic rings. The highest BCUT2D eigenvalue weighted by Gasteiger charge is 2.72. The third kappa shape index (κ3) is 14.9. The second-order valence-corrected chi connectivity index (χ2v) is 32.4. The molecule has 2 amide bonds. The van der Waals surface area contributed by atoms with E-state index in [1.54, 1.807) is 0 Å². The van der Waals surface area contributed by atoms with Crippen LogP contribution in [0.4, 0.5) is 0 Å². The van der Waals surface area contributed by atoms with E-state index in [0.29, 0.717) is 57.8 Å². The van der Waals surface area contributed by atoms with Crippen molar-refractivity contribution in [3.05, 3.63) is 11.6 Å². The standard InChI is InChI=1S/C70H116N2O26/c1-12-32(3)39(71-48(81)25-36(77)23-41(33(4)13-2)93-62-56(88)52(84)43(29-74)95-62)22-35(76)24-49(82)72-50-42(28-73)94-63(59(53(50)85)97-61-57(89)54(86)58(34(5)92-61)96-60-55(87)51(83)40(78)30-91-60)98-64(90)70-21-20-65(6,7)26-38(70)37-14-15-45-66(8)18-17-46(79)67(9,31-75)44(66)16-19-68(45,10)69(37,11)27-47(70)80/h14,31-36,38-47,50-63,73-74,76-80,83-89H,12-13,15-30H2,1-11H3,(H,71,81)(H,72,82)/t32-,33-,34?,35-,36-,38?,39-,40+,41-,42?,43-,44+,45?,46-,47?,50-,51?,52?,53?,54?,55?,56?,57?,58-,59?,60-,61-,62+,63-,66?,67+,68-,69+,70+/m0/s1. The zero-order valence-electron chi connectivity index (χ0n) is 58.8. The van der Waals surface area contributed by atoms with Gasteiger partial charge in [0.15, 0.2) is 25.0 Å². The zero-order chi connectivity index (χ0) is 72.3. The van der Waals surface area contributed by atoms with Crippen LogP contribution in [0.15, 0.2) is 11.6 Å². The lowest BCUT2D eigenvalue weighted by molar-refractivity contribution is -0.370. The number of aldehydes is 1. The number of rotatable bonds is 25. The van der Waals surface area contributed by atoms with Crippen molar-refractivity contribution in [3.8, 4) is 0 Å². The molecule has 34 atom stereocenters. The number of allylic oxidation sites excluding steroid dienone is 2. The fourth-order valence-corrected chi connectivity index (χ4v) is 19.0. The van der Waals surface area contributed by atoms with Gasteiger partial charge in [-0.05, 0) is 122 Å². The Hall–Kier alpha value is -3.02. The number of fused-ring (bicyclic) bond motifs is 7. The fraction of sp³-hybridized carbons (Fsp3) is 0.914. The van der Waals surface area contributed by atoms with E-state index in [1.165, 1.54) is 6.92 Å². The predicted octanol–water partition coefficient (Wildman–Crippen LogP) is -0.236. The molecular weight excluding hydrogens is 1280 g/mol. The number of ether oxygens (including phenoxy) is 8. The molecule has 0 bridgehead atoms. The summed E-state index contributed by atoms with van der Waals surface area (Å²) in [6.45, 7) is 19.7. The maximum atomic E-state index is 15.9. The van der Waals surface area contributed by atoms with Crippen LogP contribution in [0.5, 0.6) is 0 Å². The Morgan fingerprint density at radius 3 is 1.93 bits per heavy atom. The number of nitrogens with one attached hydrogen (secondary N) is 2. The van der Waals surface area contributed by atoms with Crippen molar-refractivity contribution < 1.29 is 129 Å². The molecule has 4 aliphatic heterocycles. The minimum atomic E-state index is -2.05. The normalized spacial score (nSPS) is 46.5. The van der Waals surface area contributed by atoms with Crippen LogP contribution in [0.1, 0.15) is 172 Å². The molecule has 4 saturated carbocycles. The molecule has 8 fully saturated rings. The van der Waals surface area contributed by atoms with Gasteiger partial charge >= 0.3 is 5.97 Å². The molecule has 28 heteroatoms. The SMILES string of the molecule is CC[C@H](C)[C@H](C[C@H](O)CC(=O)N[C@H]1C(CO)O[C@@H](OC(=O)[C@]23CCC(C)(C)CC2C2=CCC4C5(C)CC[C@H](O)[C@](C)(C=O)[C@@H]5CC[C@]4(C)[C@]2(C)CC3O)C(O[C@@H]2OC(C)[C@H](O[C@@H]3OC[C@@H](O)C(O)C3O)C(O)C2O)C1O)NC(=O)C[C@@H](O)C[C@H](O[C@@H]1O[C@@H](CO)C(O)C1O)[C@@H](C)CC. The summed E-state index contributed by atoms with van der Waals surface area (Å²) in [4.78, 5) is 56.7. The fourth-order valence-electron chi connectivity index (χ4n) is 19.0. The van der Waals surface area contributed by atoms with E-state index in [1.807, 2.05) is 34.6 Å². The second kappa shape index (κ2) is 31.0. The van der Waals surface area contributed by atoms with Gasteiger partial charge < -0.3 is 125 Å². The lowest BCUT2D eigenvalue weighted by Crippen LogP contribution is -2.69. The summed E-state index contributed by atoms with van der Waals surface area (Å²) in [5.41, 5.74) is -3.33. The topological polar surface area (TPSA) is 449 Å². The molecule has 0 aromatic heterocycles. The Balaban J connectivity index is 0.942. The van der Waals surface area contributed by atoms with E-state index in [0.717, 1.165) is 11.9 Å². The number of esters is 1. The lowest BCUT2D eigenvalue weighted by Gasteiger charge is -2.71. The van der Waals surface area contributed by atoms with Crippen molar-refractivity contribution in [2.45, 2.75) is 320 Å². The van der Waals surface area contributed by atoms with Crippen LogP contribution in [0, 0.1) is 62.1 Å². The summed E-state index contributed by atoms with van der Waals surface area (Å²) in [5, 5.41) is 162. The van der Waals surface area contributed by atoms with Crippen LogP contribution in [-0.4, -0.2) is 262 Å². The number of amides is 2. The summed E-state index contributed by atoms with van der Waals surface area (Å²) < 4.78 is 48.1. The molecule has 4 saturated heterocycles. The van der Waals surface area contributed by atoms with Gasteiger partial charge in [0, 0.05) is 12.5 Å². The maximum Gasteiger partial charge on any atom is 0.317 e. The van der Waals surface area contributed by atoms with Gasteiger partial charge in [-0.3, -0.25) is 14.4 Å².